The number of ether oxygens (including phenoxy) is 1. The molecule has 1 amide bonds. The van der Waals surface area contributed by atoms with Gasteiger partial charge in [-0.3, -0.25) is 4.79 Å². The summed E-state index contributed by atoms with van der Waals surface area (Å²) in [6.07, 6.45) is 26.9. The molecule has 2 aromatic rings. The van der Waals surface area contributed by atoms with E-state index < -0.39 is 5.82 Å². The minimum atomic E-state index is -0.392. The highest BCUT2D eigenvalue weighted by atomic mass is 79.9. The lowest BCUT2D eigenvalue weighted by molar-refractivity contribution is -0.116. The van der Waals surface area contributed by atoms with Gasteiger partial charge < -0.3 is 26.6 Å². The Labute approximate surface area is 274 Å². The SMILES string of the molecule is CCCCCCCCCCCCCCOc1ccc(CN(C(C)=O)c2cccc(CC3=N[C+]=C4C=CC=CN43)c2)cc1F.[Br-]. The van der Waals surface area contributed by atoms with Gasteiger partial charge in [0.25, 0.3) is 0 Å². The van der Waals surface area contributed by atoms with Crippen LogP contribution in [0.25, 0.3) is 0 Å². The number of benzene rings is 2. The number of carbonyl (C=O) groups is 1. The second-order valence-corrected chi connectivity index (χ2v) is 11.5. The quantitative estimate of drug-likeness (QED) is 0.128. The van der Waals surface area contributed by atoms with E-state index in [1.165, 1.54) is 77.2 Å². The van der Waals surface area contributed by atoms with Crippen molar-refractivity contribution in [3.63, 3.8) is 0 Å². The van der Waals surface area contributed by atoms with Crippen LogP contribution in [-0.4, -0.2) is 23.2 Å². The van der Waals surface area contributed by atoms with Crippen molar-refractivity contribution in [3.05, 3.63) is 95.7 Å². The van der Waals surface area contributed by atoms with Crippen LogP contribution in [-0.2, 0) is 17.8 Å². The summed E-state index contributed by atoms with van der Waals surface area (Å²) in [6.45, 7) is 4.58. The van der Waals surface area contributed by atoms with E-state index in [9.17, 15) is 9.18 Å². The number of unbranched alkanes of at least 4 members (excludes halogenated alkanes) is 11. The first kappa shape index (κ1) is 35.2. The second kappa shape index (κ2) is 19.2. The van der Waals surface area contributed by atoms with E-state index in [2.05, 4.69) is 18.1 Å². The van der Waals surface area contributed by atoms with Gasteiger partial charge >= 0.3 is 0 Å². The van der Waals surface area contributed by atoms with Crippen molar-refractivity contribution in [2.45, 2.75) is 104 Å². The Hall–Kier alpha value is -3.28. The van der Waals surface area contributed by atoms with Gasteiger partial charge in [-0.1, -0.05) is 101 Å². The third-order valence-corrected chi connectivity index (χ3v) is 7.99. The van der Waals surface area contributed by atoms with Crippen LogP contribution in [0.4, 0.5) is 10.1 Å². The van der Waals surface area contributed by atoms with Gasteiger partial charge in [0.2, 0.25) is 17.4 Å². The van der Waals surface area contributed by atoms with Crippen LogP contribution in [0.15, 0.2) is 77.6 Å². The summed E-state index contributed by atoms with van der Waals surface area (Å²) in [5, 5.41) is 0. The summed E-state index contributed by atoms with van der Waals surface area (Å²) in [4.78, 5) is 20.8. The zero-order valence-electron chi connectivity index (χ0n) is 26.4. The Morgan fingerprint density at radius 1 is 0.909 bits per heavy atom. The Balaban J connectivity index is 0.00000529. The highest BCUT2D eigenvalue weighted by molar-refractivity contribution is 5.92. The van der Waals surface area contributed by atoms with E-state index in [1.807, 2.05) is 59.7 Å². The van der Waals surface area contributed by atoms with Crippen LogP contribution in [0, 0.1) is 12.0 Å². The summed E-state index contributed by atoms with van der Waals surface area (Å²) in [5.41, 5.74) is 3.43. The fourth-order valence-corrected chi connectivity index (χ4v) is 5.53. The summed E-state index contributed by atoms with van der Waals surface area (Å²) >= 11 is 0. The van der Waals surface area contributed by atoms with Crippen LogP contribution in [0.5, 0.6) is 5.75 Å². The van der Waals surface area contributed by atoms with Crippen molar-refractivity contribution >= 4 is 17.4 Å². The molecule has 7 heteroatoms. The van der Waals surface area contributed by atoms with E-state index in [0.717, 1.165) is 35.6 Å². The van der Waals surface area contributed by atoms with Gasteiger partial charge in [-0.15, -0.1) is 0 Å². The number of amides is 1. The number of hydrogen-bond donors (Lipinski definition) is 0. The molecule has 0 fully saturated rings. The Morgan fingerprint density at radius 2 is 1.61 bits per heavy atom. The lowest BCUT2D eigenvalue weighted by atomic mass is 10.1. The number of amidine groups is 1. The number of carbonyl (C=O) groups excluding carboxylic acids is 1. The molecule has 44 heavy (non-hydrogen) atoms. The molecule has 2 aromatic carbocycles. The molecular formula is C37H47BrFN3O2. The summed E-state index contributed by atoms with van der Waals surface area (Å²) in [6, 6.07) is 12.9. The van der Waals surface area contributed by atoms with Gasteiger partial charge in [-0.05, 0) is 54.0 Å². The van der Waals surface area contributed by atoms with Crippen molar-refractivity contribution in [3.8, 4) is 5.75 Å². The average Bonchev–Trinajstić information content (AvgIpc) is 3.41. The monoisotopic (exact) mass is 663 g/mol. The van der Waals surface area contributed by atoms with Crippen LogP contribution in [0.1, 0.15) is 102 Å². The van der Waals surface area contributed by atoms with Crippen molar-refractivity contribution < 1.29 is 30.9 Å². The Morgan fingerprint density at radius 3 is 2.30 bits per heavy atom. The van der Waals surface area contributed by atoms with Gasteiger partial charge in [-0.25, -0.2) is 9.29 Å². The fraction of sp³-hybridized carbons (Fsp3) is 0.459. The molecule has 2 aliphatic rings. The molecule has 5 nitrogen and oxygen atoms in total. The zero-order valence-corrected chi connectivity index (χ0v) is 28.0. The largest absolute Gasteiger partial charge is 1.00 e. The Bertz CT molecular complexity index is 1320. The molecule has 0 bridgehead atoms. The number of halogens is 2. The molecule has 0 aromatic heterocycles. The fourth-order valence-electron chi connectivity index (χ4n) is 5.53. The first-order chi connectivity index (χ1) is 21.0. The standard InChI is InChI=1S/C37H47FN3O2.BrH/c1-3-4-5-6-7-8-9-10-11-12-13-16-24-43-36-22-21-32(26-35(36)38)29-41(30(2)42)33-20-17-18-31(25-33)27-37-39-28-34-19-14-15-23-40(34)37;/h14-15,17-23,25-26H,3-13,16,24,27,29H2,1-2H3;1H/q+1;/p-1. The molecule has 0 saturated carbocycles. The van der Waals surface area contributed by atoms with Crippen molar-refractivity contribution in [2.75, 3.05) is 11.5 Å². The minimum absolute atomic E-state index is 0. The van der Waals surface area contributed by atoms with E-state index in [0.29, 0.717) is 18.6 Å². The number of fused-ring (bicyclic) bond motifs is 1. The highest BCUT2D eigenvalue weighted by Crippen LogP contribution is 2.25. The predicted octanol–water partition coefficient (Wildman–Crippen LogP) is 6.45. The molecular weight excluding hydrogens is 617 g/mol. The first-order valence-corrected chi connectivity index (χ1v) is 16.2. The molecule has 0 atom stereocenters. The van der Waals surface area contributed by atoms with Gasteiger partial charge in [0.1, 0.15) is 0 Å². The van der Waals surface area contributed by atoms with Gasteiger partial charge in [0.15, 0.2) is 17.8 Å². The predicted molar refractivity (Wildman–Crippen MR) is 174 cm³/mol. The van der Waals surface area contributed by atoms with Crippen molar-refractivity contribution in [2.24, 2.45) is 4.99 Å². The van der Waals surface area contributed by atoms with E-state index >= 15 is 0 Å². The molecule has 2 aliphatic heterocycles. The van der Waals surface area contributed by atoms with Crippen LogP contribution in [0.3, 0.4) is 0 Å². The lowest BCUT2D eigenvalue weighted by Gasteiger charge is -2.22. The topological polar surface area (TPSA) is 45.1 Å². The van der Waals surface area contributed by atoms with Crippen LogP contribution >= 0.6 is 0 Å². The maximum atomic E-state index is 14.9. The number of nitrogens with zero attached hydrogens (tertiary/aromatic N) is 3. The van der Waals surface area contributed by atoms with Gasteiger partial charge in [0, 0.05) is 18.8 Å². The summed E-state index contributed by atoms with van der Waals surface area (Å²) < 4.78 is 20.7. The van der Waals surface area contributed by atoms with Gasteiger partial charge in [0.05, 0.1) is 25.6 Å². The number of allylic oxidation sites excluding steroid dienone is 3. The minimum Gasteiger partial charge on any atom is -1.00 e. The number of hydrogen-bond acceptors (Lipinski definition) is 4. The molecule has 2 heterocycles. The molecule has 236 valence electrons. The second-order valence-electron chi connectivity index (χ2n) is 11.5. The highest BCUT2D eigenvalue weighted by Gasteiger charge is 2.28. The number of rotatable bonds is 19. The van der Waals surface area contributed by atoms with Crippen LogP contribution in [0.2, 0.25) is 0 Å². The first-order valence-electron chi connectivity index (χ1n) is 16.2. The maximum Gasteiger partial charge on any atom is 0.247 e. The lowest BCUT2D eigenvalue weighted by Crippen LogP contribution is -3.00. The van der Waals surface area contributed by atoms with E-state index in [-0.39, 0.29) is 35.2 Å². The number of anilines is 1. The molecule has 0 radical (unpaired) electrons. The van der Waals surface area contributed by atoms with Gasteiger partial charge in [-0.2, -0.15) is 0 Å². The average molecular weight is 665 g/mol. The molecule has 0 aliphatic carbocycles. The molecule has 0 N–H and O–H groups in total. The number of aliphatic imine (C=N–C) groups is 1. The summed E-state index contributed by atoms with van der Waals surface area (Å²) in [7, 11) is 0. The Kier molecular flexibility index (Phi) is 15.3. The molecule has 4 rings (SSSR count). The zero-order chi connectivity index (χ0) is 30.3. The summed E-state index contributed by atoms with van der Waals surface area (Å²) in [5.74, 6) is 0.649. The van der Waals surface area contributed by atoms with Crippen LogP contribution < -0.4 is 26.6 Å². The van der Waals surface area contributed by atoms with Crippen molar-refractivity contribution in [1.82, 2.24) is 4.90 Å². The normalized spacial score (nSPS) is 13.1. The van der Waals surface area contributed by atoms with E-state index in [4.69, 9.17) is 4.74 Å². The smallest absolute Gasteiger partial charge is 0.247 e. The molecule has 0 unspecified atom stereocenters. The van der Waals surface area contributed by atoms with Crippen molar-refractivity contribution in [1.29, 1.82) is 0 Å². The third-order valence-electron chi connectivity index (χ3n) is 7.99. The molecule has 0 spiro atoms. The third kappa shape index (κ3) is 11.0. The maximum absolute atomic E-state index is 14.9. The van der Waals surface area contributed by atoms with E-state index in [1.54, 1.807) is 11.0 Å². The molecule has 0 saturated heterocycles.